The molecule has 4 rings (SSSR count). The molecule has 3 unspecified atom stereocenters. The van der Waals surface area contributed by atoms with E-state index in [0.29, 0.717) is 48.3 Å². The number of benzene rings is 2. The van der Waals surface area contributed by atoms with Gasteiger partial charge < -0.3 is 15.1 Å². The van der Waals surface area contributed by atoms with E-state index in [1.165, 1.54) is 17.0 Å². The molecule has 2 fully saturated rings. The van der Waals surface area contributed by atoms with Gasteiger partial charge in [-0.25, -0.2) is 4.39 Å². The molecule has 0 aromatic heterocycles. The van der Waals surface area contributed by atoms with E-state index < -0.39 is 11.7 Å². The van der Waals surface area contributed by atoms with Gasteiger partial charge in [-0.15, -0.1) is 0 Å². The third-order valence-electron chi connectivity index (χ3n) is 6.47. The van der Waals surface area contributed by atoms with Gasteiger partial charge >= 0.3 is 0 Å². The van der Waals surface area contributed by atoms with Crippen molar-refractivity contribution in [1.82, 2.24) is 4.90 Å². The highest BCUT2D eigenvalue weighted by Gasteiger charge is 2.32. The largest absolute Gasteiger partial charge is 0.338 e. The Balaban J connectivity index is 1.49. The molecule has 3 amide bonds. The van der Waals surface area contributed by atoms with Crippen LogP contribution in [0.3, 0.4) is 0 Å². The van der Waals surface area contributed by atoms with Gasteiger partial charge in [-0.2, -0.15) is 0 Å². The average molecular weight is 452 g/mol. The van der Waals surface area contributed by atoms with E-state index in [2.05, 4.69) is 19.2 Å². The van der Waals surface area contributed by atoms with Gasteiger partial charge in [0.2, 0.25) is 11.8 Å². The Morgan fingerprint density at radius 1 is 1.00 bits per heavy atom. The summed E-state index contributed by atoms with van der Waals surface area (Å²) in [5.74, 6) is -0.464. The number of hydrogen-bond acceptors (Lipinski definition) is 3. The van der Waals surface area contributed by atoms with Crippen LogP contribution in [0.2, 0.25) is 0 Å². The Morgan fingerprint density at radius 2 is 1.73 bits per heavy atom. The van der Waals surface area contributed by atoms with E-state index in [9.17, 15) is 18.8 Å². The topological polar surface area (TPSA) is 69.7 Å². The number of para-hydroxylation sites is 1. The molecule has 2 heterocycles. The van der Waals surface area contributed by atoms with Crippen LogP contribution >= 0.6 is 0 Å². The lowest BCUT2D eigenvalue weighted by atomic mass is 9.91. The molecule has 2 aromatic carbocycles. The third-order valence-corrected chi connectivity index (χ3v) is 6.47. The molecular formula is C26H30FN3O3. The molecule has 0 saturated carbocycles. The number of anilines is 2. The fourth-order valence-corrected chi connectivity index (χ4v) is 4.97. The zero-order chi connectivity index (χ0) is 23.5. The van der Waals surface area contributed by atoms with Gasteiger partial charge in [-0.3, -0.25) is 14.4 Å². The van der Waals surface area contributed by atoms with Gasteiger partial charge in [0.25, 0.3) is 5.91 Å². The molecule has 3 atom stereocenters. The summed E-state index contributed by atoms with van der Waals surface area (Å²) >= 11 is 0. The molecule has 2 aromatic rings. The highest BCUT2D eigenvalue weighted by atomic mass is 19.1. The fraction of sp³-hybridized carbons (Fsp3) is 0.423. The molecule has 174 valence electrons. The van der Waals surface area contributed by atoms with E-state index in [-0.39, 0.29) is 30.7 Å². The molecule has 0 aliphatic carbocycles. The van der Waals surface area contributed by atoms with E-state index in [0.717, 1.165) is 6.42 Å². The number of carbonyl (C=O) groups is 3. The van der Waals surface area contributed by atoms with E-state index in [4.69, 9.17) is 0 Å². The van der Waals surface area contributed by atoms with Crippen LogP contribution in [0.1, 0.15) is 43.5 Å². The summed E-state index contributed by atoms with van der Waals surface area (Å²) in [4.78, 5) is 42.2. The number of carbonyl (C=O) groups excluding carboxylic acids is 3. The first-order chi connectivity index (χ1) is 15.8. The third kappa shape index (κ3) is 5.24. The molecule has 1 N–H and O–H groups in total. The zero-order valence-electron chi connectivity index (χ0n) is 19.1. The number of nitrogens with zero attached hydrogens (tertiary/aromatic N) is 2. The number of piperidine rings is 2. The Hall–Kier alpha value is -3.22. The molecule has 0 radical (unpaired) electrons. The van der Waals surface area contributed by atoms with E-state index >= 15 is 0 Å². The summed E-state index contributed by atoms with van der Waals surface area (Å²) in [6.45, 7) is 5.89. The standard InChI is InChI=1S/C26H30FN3O3/c1-17-12-18(2)15-29(14-17)26(33)22-8-3-4-9-23(22)28-25(32)19-10-11-24(31)30(16-19)21-7-5-6-20(27)13-21/h3-9,13,17-19H,10-12,14-16H2,1-2H3,(H,28,32). The normalized spacial score (nSPS) is 23.4. The monoisotopic (exact) mass is 451 g/mol. The molecule has 2 saturated heterocycles. The molecule has 2 aliphatic rings. The molecule has 7 heteroatoms. The smallest absolute Gasteiger partial charge is 0.255 e. The summed E-state index contributed by atoms with van der Waals surface area (Å²) in [5, 5.41) is 2.92. The van der Waals surface area contributed by atoms with Crippen molar-refractivity contribution >= 4 is 29.1 Å². The maximum absolute atomic E-state index is 13.7. The lowest BCUT2D eigenvalue weighted by Gasteiger charge is -2.35. The predicted molar refractivity (Wildman–Crippen MR) is 125 cm³/mol. The van der Waals surface area contributed by atoms with Crippen LogP contribution < -0.4 is 10.2 Å². The second-order valence-corrected chi connectivity index (χ2v) is 9.41. The minimum absolute atomic E-state index is 0.0792. The van der Waals surface area contributed by atoms with Crippen molar-refractivity contribution in [1.29, 1.82) is 0 Å². The quantitative estimate of drug-likeness (QED) is 0.753. The van der Waals surface area contributed by atoms with Crippen molar-refractivity contribution in [2.75, 3.05) is 29.9 Å². The number of likely N-dealkylation sites (tertiary alicyclic amines) is 1. The maximum Gasteiger partial charge on any atom is 0.255 e. The molecule has 6 nitrogen and oxygen atoms in total. The molecule has 33 heavy (non-hydrogen) atoms. The highest BCUT2D eigenvalue weighted by Crippen LogP contribution is 2.28. The second kappa shape index (κ2) is 9.73. The summed E-state index contributed by atoms with van der Waals surface area (Å²) in [7, 11) is 0. The lowest BCUT2D eigenvalue weighted by Crippen LogP contribution is -2.44. The first kappa shape index (κ1) is 23.0. The summed E-state index contributed by atoms with van der Waals surface area (Å²) in [5.41, 5.74) is 1.40. The van der Waals surface area contributed by atoms with Gasteiger partial charge in [0, 0.05) is 31.7 Å². The minimum Gasteiger partial charge on any atom is -0.338 e. The molecule has 2 aliphatic heterocycles. The van der Waals surface area contributed by atoms with Crippen molar-refractivity contribution < 1.29 is 18.8 Å². The van der Waals surface area contributed by atoms with Crippen LogP contribution in [0, 0.1) is 23.6 Å². The summed E-state index contributed by atoms with van der Waals surface area (Å²) in [6, 6.07) is 12.9. The van der Waals surface area contributed by atoms with Gasteiger partial charge in [0.15, 0.2) is 0 Å². The van der Waals surface area contributed by atoms with Crippen molar-refractivity contribution in [3.8, 4) is 0 Å². The number of nitrogens with one attached hydrogen (secondary N) is 1. The lowest BCUT2D eigenvalue weighted by molar-refractivity contribution is -0.124. The molecule has 0 spiro atoms. The average Bonchev–Trinajstić information content (AvgIpc) is 2.78. The predicted octanol–water partition coefficient (Wildman–Crippen LogP) is 4.33. The SMILES string of the molecule is CC1CC(C)CN(C(=O)c2ccccc2NC(=O)C2CCC(=O)N(c3cccc(F)c3)C2)C1. The second-order valence-electron chi connectivity index (χ2n) is 9.41. The number of rotatable bonds is 4. The number of amides is 3. The van der Waals surface area contributed by atoms with E-state index in [1.807, 2.05) is 4.90 Å². The van der Waals surface area contributed by atoms with Crippen LogP contribution in [-0.4, -0.2) is 42.3 Å². The van der Waals surface area contributed by atoms with Gasteiger partial charge in [0.05, 0.1) is 17.2 Å². The van der Waals surface area contributed by atoms with Crippen molar-refractivity contribution in [2.24, 2.45) is 17.8 Å². The first-order valence-corrected chi connectivity index (χ1v) is 11.6. The maximum atomic E-state index is 13.7. The fourth-order valence-electron chi connectivity index (χ4n) is 4.97. The van der Waals surface area contributed by atoms with Crippen molar-refractivity contribution in [3.63, 3.8) is 0 Å². The Kier molecular flexibility index (Phi) is 6.77. The van der Waals surface area contributed by atoms with Gasteiger partial charge in [-0.05, 0) is 55.0 Å². The van der Waals surface area contributed by atoms with Crippen LogP contribution in [-0.2, 0) is 9.59 Å². The van der Waals surface area contributed by atoms with Gasteiger partial charge in [-0.1, -0.05) is 32.0 Å². The minimum atomic E-state index is -0.454. The number of halogens is 1. The Bertz CT molecular complexity index is 1050. The molecule has 0 bridgehead atoms. The zero-order valence-corrected chi connectivity index (χ0v) is 19.1. The highest BCUT2D eigenvalue weighted by molar-refractivity contribution is 6.05. The first-order valence-electron chi connectivity index (χ1n) is 11.6. The van der Waals surface area contributed by atoms with Crippen LogP contribution in [0.4, 0.5) is 15.8 Å². The Labute approximate surface area is 193 Å². The van der Waals surface area contributed by atoms with Crippen LogP contribution in [0.5, 0.6) is 0 Å². The van der Waals surface area contributed by atoms with Crippen molar-refractivity contribution in [3.05, 3.63) is 59.9 Å². The van der Waals surface area contributed by atoms with Crippen LogP contribution in [0.15, 0.2) is 48.5 Å². The summed E-state index contributed by atoms with van der Waals surface area (Å²) < 4.78 is 13.7. The number of hydrogen-bond donors (Lipinski definition) is 1. The van der Waals surface area contributed by atoms with Crippen molar-refractivity contribution in [2.45, 2.75) is 33.1 Å². The van der Waals surface area contributed by atoms with E-state index in [1.54, 1.807) is 36.4 Å². The summed E-state index contributed by atoms with van der Waals surface area (Å²) in [6.07, 6.45) is 1.72. The van der Waals surface area contributed by atoms with Gasteiger partial charge in [0.1, 0.15) is 5.82 Å². The Morgan fingerprint density at radius 3 is 2.45 bits per heavy atom. The molecular weight excluding hydrogens is 421 g/mol. The van der Waals surface area contributed by atoms with Crippen LogP contribution in [0.25, 0.3) is 0 Å².